The van der Waals surface area contributed by atoms with E-state index >= 15 is 0 Å². The maximum Gasteiger partial charge on any atom is 0.251 e. The van der Waals surface area contributed by atoms with E-state index in [0.29, 0.717) is 18.4 Å². The molecule has 0 heterocycles. The van der Waals surface area contributed by atoms with Gasteiger partial charge in [-0.05, 0) is 30.4 Å². The lowest BCUT2D eigenvalue weighted by Crippen LogP contribution is -2.33. The smallest absolute Gasteiger partial charge is 0.251 e. The van der Waals surface area contributed by atoms with Crippen molar-refractivity contribution in [2.75, 3.05) is 18.9 Å². The first-order chi connectivity index (χ1) is 10.0. The molecule has 0 spiro atoms. The fourth-order valence-electron chi connectivity index (χ4n) is 2.97. The molecule has 2 unspecified atom stereocenters. The van der Waals surface area contributed by atoms with Crippen LogP contribution in [0.2, 0.25) is 0 Å². The number of nitrogens with one attached hydrogen (secondary N) is 2. The molecule has 2 rings (SSSR count). The third-order valence-electron chi connectivity index (χ3n) is 4.37. The highest BCUT2D eigenvalue weighted by Crippen LogP contribution is 2.29. The molecule has 3 nitrogen and oxygen atoms in total. The summed E-state index contributed by atoms with van der Waals surface area (Å²) in [6.45, 7) is 2.76. The summed E-state index contributed by atoms with van der Waals surface area (Å²) < 4.78 is 27.3. The van der Waals surface area contributed by atoms with Crippen LogP contribution >= 0.6 is 0 Å². The minimum absolute atomic E-state index is 0.0208. The van der Waals surface area contributed by atoms with E-state index in [4.69, 9.17) is 0 Å². The third-order valence-corrected chi connectivity index (χ3v) is 4.37. The summed E-state index contributed by atoms with van der Waals surface area (Å²) >= 11 is 0. The van der Waals surface area contributed by atoms with E-state index in [0.717, 1.165) is 18.6 Å². The van der Waals surface area contributed by atoms with E-state index in [-0.39, 0.29) is 11.3 Å². The van der Waals surface area contributed by atoms with Gasteiger partial charge in [0.05, 0.1) is 0 Å². The molecule has 1 aromatic carbocycles. The second-order valence-electron chi connectivity index (χ2n) is 5.80. The lowest BCUT2D eigenvalue weighted by molar-refractivity contribution is 0.0935. The fourth-order valence-corrected chi connectivity index (χ4v) is 2.97. The molecule has 1 aliphatic rings. The van der Waals surface area contributed by atoms with Crippen LogP contribution in [0.1, 0.15) is 43.0 Å². The third kappa shape index (κ3) is 3.71. The van der Waals surface area contributed by atoms with Gasteiger partial charge in [-0.15, -0.1) is 0 Å². The van der Waals surface area contributed by atoms with Crippen molar-refractivity contribution in [1.29, 1.82) is 0 Å². The lowest BCUT2D eigenvalue weighted by Gasteiger charge is -2.28. The molecule has 2 N–H and O–H groups in total. The van der Waals surface area contributed by atoms with Gasteiger partial charge < -0.3 is 10.6 Å². The van der Waals surface area contributed by atoms with Crippen LogP contribution in [0.25, 0.3) is 0 Å². The first-order valence-corrected chi connectivity index (χ1v) is 7.48. The second-order valence-corrected chi connectivity index (χ2v) is 5.80. The summed E-state index contributed by atoms with van der Waals surface area (Å²) in [5, 5.41) is 5.24. The van der Waals surface area contributed by atoms with Gasteiger partial charge in [-0.2, -0.15) is 0 Å². The van der Waals surface area contributed by atoms with Gasteiger partial charge in [0, 0.05) is 19.2 Å². The zero-order valence-electron chi connectivity index (χ0n) is 12.5. The quantitative estimate of drug-likeness (QED) is 0.892. The standard InChI is InChI=1S/C16H22F2N2O/c1-10-5-3-4-6-11(10)9-20-16(21)12-7-13(17)15(19-2)14(18)8-12/h7-8,10-11,19H,3-6,9H2,1-2H3,(H,20,21). The molecule has 116 valence electrons. The fraction of sp³-hybridized carbons (Fsp3) is 0.562. The predicted octanol–water partition coefficient (Wildman–Crippen LogP) is 3.56. The largest absolute Gasteiger partial charge is 0.383 e. The summed E-state index contributed by atoms with van der Waals surface area (Å²) in [6, 6.07) is 2.13. The van der Waals surface area contributed by atoms with E-state index in [1.807, 2.05) is 0 Å². The zero-order valence-corrected chi connectivity index (χ0v) is 12.5. The van der Waals surface area contributed by atoms with Gasteiger partial charge in [0.2, 0.25) is 0 Å². The number of benzene rings is 1. The van der Waals surface area contributed by atoms with Crippen molar-refractivity contribution in [1.82, 2.24) is 5.32 Å². The first kappa shape index (κ1) is 15.7. The number of hydrogen-bond donors (Lipinski definition) is 2. The molecule has 1 aromatic rings. The number of hydrogen-bond acceptors (Lipinski definition) is 2. The average molecular weight is 296 g/mol. The molecular formula is C16H22F2N2O. The molecule has 1 fully saturated rings. The van der Waals surface area contributed by atoms with E-state index in [1.165, 1.54) is 26.3 Å². The van der Waals surface area contributed by atoms with Crippen LogP contribution in [0.15, 0.2) is 12.1 Å². The van der Waals surface area contributed by atoms with Gasteiger partial charge in [-0.25, -0.2) is 8.78 Å². The Balaban J connectivity index is 2.00. The molecule has 0 saturated heterocycles. The van der Waals surface area contributed by atoms with Gasteiger partial charge >= 0.3 is 0 Å². The maximum atomic E-state index is 13.6. The number of anilines is 1. The highest BCUT2D eigenvalue weighted by molar-refractivity contribution is 5.94. The molecule has 0 aliphatic heterocycles. The Morgan fingerprint density at radius 3 is 2.43 bits per heavy atom. The van der Waals surface area contributed by atoms with Crippen molar-refractivity contribution in [2.24, 2.45) is 11.8 Å². The van der Waals surface area contributed by atoms with Crippen molar-refractivity contribution >= 4 is 11.6 Å². The number of amides is 1. The molecule has 1 saturated carbocycles. The van der Waals surface area contributed by atoms with Crippen molar-refractivity contribution in [3.63, 3.8) is 0 Å². The number of halogens is 2. The molecule has 0 bridgehead atoms. The van der Waals surface area contributed by atoms with Gasteiger partial charge in [-0.3, -0.25) is 4.79 Å². The zero-order chi connectivity index (χ0) is 15.4. The normalized spacial score (nSPS) is 21.9. The minimum atomic E-state index is -0.756. The van der Waals surface area contributed by atoms with E-state index < -0.39 is 17.5 Å². The Labute approximate surface area is 124 Å². The highest BCUT2D eigenvalue weighted by Gasteiger charge is 2.22. The molecular weight excluding hydrogens is 274 g/mol. The van der Waals surface area contributed by atoms with Crippen LogP contribution < -0.4 is 10.6 Å². The number of carbonyl (C=O) groups is 1. The van der Waals surface area contributed by atoms with Gasteiger partial charge in [0.1, 0.15) is 17.3 Å². The molecule has 0 aromatic heterocycles. The number of rotatable bonds is 4. The van der Waals surface area contributed by atoms with Crippen LogP contribution in [0.3, 0.4) is 0 Å². The second kappa shape index (κ2) is 6.87. The summed E-state index contributed by atoms with van der Waals surface area (Å²) in [4.78, 5) is 12.0. The van der Waals surface area contributed by atoms with Crippen LogP contribution in [0.4, 0.5) is 14.5 Å². The Morgan fingerprint density at radius 1 is 1.24 bits per heavy atom. The molecule has 1 amide bonds. The SMILES string of the molecule is CNc1c(F)cc(C(=O)NCC2CCCCC2C)cc1F. The molecule has 2 atom stereocenters. The van der Waals surface area contributed by atoms with Crippen LogP contribution in [0.5, 0.6) is 0 Å². The summed E-state index contributed by atoms with van der Waals surface area (Å²) in [5.74, 6) is -0.899. The Kier molecular flexibility index (Phi) is 5.15. The van der Waals surface area contributed by atoms with E-state index in [1.54, 1.807) is 0 Å². The molecule has 21 heavy (non-hydrogen) atoms. The monoisotopic (exact) mass is 296 g/mol. The highest BCUT2D eigenvalue weighted by atomic mass is 19.1. The minimum Gasteiger partial charge on any atom is -0.383 e. The van der Waals surface area contributed by atoms with Crippen LogP contribution in [0, 0.1) is 23.5 Å². The first-order valence-electron chi connectivity index (χ1n) is 7.48. The van der Waals surface area contributed by atoms with Crippen molar-refractivity contribution in [3.05, 3.63) is 29.3 Å². The molecule has 1 aliphatic carbocycles. The van der Waals surface area contributed by atoms with Crippen LogP contribution in [-0.2, 0) is 0 Å². The number of carbonyl (C=O) groups excluding carboxylic acids is 1. The predicted molar refractivity (Wildman–Crippen MR) is 79.4 cm³/mol. The average Bonchev–Trinajstić information content (AvgIpc) is 2.45. The lowest BCUT2D eigenvalue weighted by atomic mass is 9.80. The van der Waals surface area contributed by atoms with Crippen molar-refractivity contribution in [2.45, 2.75) is 32.6 Å². The summed E-state index contributed by atoms with van der Waals surface area (Å²) in [5.41, 5.74) is -0.195. The van der Waals surface area contributed by atoms with Crippen molar-refractivity contribution < 1.29 is 13.6 Å². The summed E-state index contributed by atoms with van der Waals surface area (Å²) in [7, 11) is 1.44. The Bertz CT molecular complexity index is 496. The summed E-state index contributed by atoms with van der Waals surface area (Å²) in [6.07, 6.45) is 4.71. The Morgan fingerprint density at radius 2 is 1.86 bits per heavy atom. The Hall–Kier alpha value is -1.65. The van der Waals surface area contributed by atoms with E-state index in [2.05, 4.69) is 17.6 Å². The van der Waals surface area contributed by atoms with Gasteiger partial charge in [0.15, 0.2) is 0 Å². The molecule has 5 heteroatoms. The topological polar surface area (TPSA) is 41.1 Å². The van der Waals surface area contributed by atoms with Crippen molar-refractivity contribution in [3.8, 4) is 0 Å². The van der Waals surface area contributed by atoms with Crippen LogP contribution in [-0.4, -0.2) is 19.5 Å². The maximum absolute atomic E-state index is 13.6. The van der Waals surface area contributed by atoms with E-state index in [9.17, 15) is 13.6 Å². The molecule has 0 radical (unpaired) electrons. The van der Waals surface area contributed by atoms with Gasteiger partial charge in [0.25, 0.3) is 5.91 Å². The van der Waals surface area contributed by atoms with Gasteiger partial charge in [-0.1, -0.05) is 26.2 Å².